The highest BCUT2D eigenvalue weighted by atomic mass is 16.7. The Morgan fingerprint density at radius 3 is 2.94 bits per heavy atom. The van der Waals surface area contributed by atoms with Crippen molar-refractivity contribution in [2.45, 2.75) is 25.4 Å². The number of nitrogens with two attached hydrogens (primary N) is 1. The summed E-state index contributed by atoms with van der Waals surface area (Å²) in [6.07, 6.45) is 4.60. The molecule has 1 heterocycles. The number of carbonyl (C=O) groups excluding carboxylic acids is 1. The molecule has 0 saturated heterocycles. The standard InChI is InChI=1S/C13H23N3O2/c1-5-7-18-16(4)11-8-10(6-2)12(13(14)17)15(3)9-11/h5,8,11-12H,1,6-7,9H2,2-4H3,(H2,14,17)/t11-,12+/m1/s1. The van der Waals surface area contributed by atoms with Crippen molar-refractivity contribution in [3.8, 4) is 0 Å². The summed E-state index contributed by atoms with van der Waals surface area (Å²) in [5.41, 5.74) is 6.50. The first-order valence-corrected chi connectivity index (χ1v) is 6.18. The lowest BCUT2D eigenvalue weighted by atomic mass is 9.95. The molecule has 0 unspecified atom stereocenters. The van der Waals surface area contributed by atoms with Gasteiger partial charge in [0.1, 0.15) is 6.04 Å². The van der Waals surface area contributed by atoms with Crippen LogP contribution in [-0.2, 0) is 9.63 Å². The summed E-state index contributed by atoms with van der Waals surface area (Å²) in [6.45, 7) is 6.84. The number of likely N-dealkylation sites (N-methyl/N-ethyl adjacent to an activating group) is 2. The van der Waals surface area contributed by atoms with E-state index in [1.807, 2.05) is 25.9 Å². The van der Waals surface area contributed by atoms with Crippen molar-refractivity contribution in [2.75, 3.05) is 27.2 Å². The van der Waals surface area contributed by atoms with Crippen LogP contribution in [0.25, 0.3) is 0 Å². The van der Waals surface area contributed by atoms with Gasteiger partial charge in [0.15, 0.2) is 0 Å². The van der Waals surface area contributed by atoms with Crippen molar-refractivity contribution < 1.29 is 9.63 Å². The topological polar surface area (TPSA) is 58.8 Å². The van der Waals surface area contributed by atoms with Crippen LogP contribution in [0.1, 0.15) is 13.3 Å². The van der Waals surface area contributed by atoms with Crippen LogP contribution in [0.15, 0.2) is 24.3 Å². The predicted molar refractivity (Wildman–Crippen MR) is 71.7 cm³/mol. The molecule has 1 aliphatic rings. The van der Waals surface area contributed by atoms with E-state index in [0.29, 0.717) is 13.2 Å². The summed E-state index contributed by atoms with van der Waals surface area (Å²) in [5, 5.41) is 1.80. The van der Waals surface area contributed by atoms with Crippen molar-refractivity contribution in [1.82, 2.24) is 9.96 Å². The molecule has 0 fully saturated rings. The lowest BCUT2D eigenvalue weighted by Gasteiger charge is -2.38. The second kappa shape index (κ2) is 6.68. The molecule has 2 atom stereocenters. The summed E-state index contributed by atoms with van der Waals surface area (Å²) in [4.78, 5) is 18.9. The van der Waals surface area contributed by atoms with E-state index in [0.717, 1.165) is 12.0 Å². The molecule has 2 N–H and O–H groups in total. The van der Waals surface area contributed by atoms with E-state index < -0.39 is 0 Å². The number of hydroxylamine groups is 2. The van der Waals surface area contributed by atoms with Gasteiger partial charge in [-0.25, -0.2) is 0 Å². The van der Waals surface area contributed by atoms with Gasteiger partial charge in [0.2, 0.25) is 5.91 Å². The largest absolute Gasteiger partial charge is 0.368 e. The minimum Gasteiger partial charge on any atom is -0.368 e. The van der Waals surface area contributed by atoms with Crippen LogP contribution in [0.2, 0.25) is 0 Å². The highest BCUT2D eigenvalue weighted by molar-refractivity contribution is 5.83. The average Bonchev–Trinajstić information content (AvgIpc) is 2.34. The maximum atomic E-state index is 11.5. The molecule has 1 rings (SSSR count). The second-order valence-corrected chi connectivity index (χ2v) is 4.54. The molecule has 5 nitrogen and oxygen atoms in total. The molecule has 0 aromatic carbocycles. The number of carbonyl (C=O) groups is 1. The van der Waals surface area contributed by atoms with Crippen LogP contribution in [0.5, 0.6) is 0 Å². The van der Waals surface area contributed by atoms with Crippen LogP contribution in [0.4, 0.5) is 0 Å². The summed E-state index contributed by atoms with van der Waals surface area (Å²) in [7, 11) is 3.79. The van der Waals surface area contributed by atoms with Crippen LogP contribution in [0, 0.1) is 0 Å². The highest BCUT2D eigenvalue weighted by Crippen LogP contribution is 2.21. The zero-order valence-electron chi connectivity index (χ0n) is 11.4. The molecule has 0 aliphatic carbocycles. The lowest BCUT2D eigenvalue weighted by Crippen LogP contribution is -2.52. The van der Waals surface area contributed by atoms with Gasteiger partial charge in [-0.1, -0.05) is 19.1 Å². The highest BCUT2D eigenvalue weighted by Gasteiger charge is 2.32. The van der Waals surface area contributed by atoms with Gasteiger partial charge in [-0.2, -0.15) is 5.06 Å². The molecule has 102 valence electrons. The number of amides is 1. The van der Waals surface area contributed by atoms with E-state index in [4.69, 9.17) is 10.6 Å². The number of nitrogens with zero attached hydrogens (tertiary/aromatic N) is 2. The van der Waals surface area contributed by atoms with E-state index in [-0.39, 0.29) is 18.0 Å². The van der Waals surface area contributed by atoms with Crippen molar-refractivity contribution >= 4 is 5.91 Å². The Hall–Kier alpha value is -1.17. The molecular formula is C13H23N3O2. The van der Waals surface area contributed by atoms with Crippen molar-refractivity contribution in [1.29, 1.82) is 0 Å². The lowest BCUT2D eigenvalue weighted by molar-refractivity contribution is -0.153. The fourth-order valence-electron chi connectivity index (χ4n) is 2.27. The minimum absolute atomic E-state index is 0.125. The molecule has 0 saturated carbocycles. The quantitative estimate of drug-likeness (QED) is 0.554. The van der Waals surface area contributed by atoms with E-state index in [1.165, 1.54) is 0 Å². The molecule has 0 radical (unpaired) electrons. The maximum absolute atomic E-state index is 11.5. The molecule has 0 aromatic rings. The van der Waals surface area contributed by atoms with Gasteiger partial charge >= 0.3 is 0 Å². The van der Waals surface area contributed by atoms with Crippen molar-refractivity contribution in [3.63, 3.8) is 0 Å². The first kappa shape index (κ1) is 14.9. The Bertz CT molecular complexity index is 341. The second-order valence-electron chi connectivity index (χ2n) is 4.54. The number of rotatable bonds is 6. The first-order chi connectivity index (χ1) is 8.51. The Morgan fingerprint density at radius 2 is 2.44 bits per heavy atom. The molecule has 1 aliphatic heterocycles. The molecule has 1 amide bonds. The summed E-state index contributed by atoms with van der Waals surface area (Å²) in [5.74, 6) is -0.293. The van der Waals surface area contributed by atoms with Crippen LogP contribution < -0.4 is 5.73 Å². The normalized spacial score (nSPS) is 25.0. The summed E-state index contributed by atoms with van der Waals surface area (Å²) >= 11 is 0. The molecule has 0 aromatic heterocycles. The Morgan fingerprint density at radius 1 is 1.78 bits per heavy atom. The third-order valence-electron chi connectivity index (χ3n) is 3.21. The van der Waals surface area contributed by atoms with Crippen LogP contribution in [0.3, 0.4) is 0 Å². The third kappa shape index (κ3) is 3.41. The SMILES string of the molecule is C=CCON(C)[C@@H]1C=C(CC)[C@@H](C(N)=O)N(C)C1. The number of hydrogen-bond donors (Lipinski definition) is 1. The third-order valence-corrected chi connectivity index (χ3v) is 3.21. The maximum Gasteiger partial charge on any atom is 0.239 e. The summed E-state index contributed by atoms with van der Waals surface area (Å²) < 4.78 is 0. The zero-order chi connectivity index (χ0) is 13.7. The van der Waals surface area contributed by atoms with Crippen molar-refractivity contribution in [3.05, 3.63) is 24.3 Å². The Balaban J connectivity index is 2.82. The first-order valence-electron chi connectivity index (χ1n) is 6.18. The zero-order valence-corrected chi connectivity index (χ0v) is 11.4. The van der Waals surface area contributed by atoms with Gasteiger partial charge in [0.25, 0.3) is 0 Å². The fraction of sp³-hybridized carbons (Fsp3) is 0.615. The van der Waals surface area contributed by atoms with E-state index >= 15 is 0 Å². The number of hydrogen-bond acceptors (Lipinski definition) is 4. The van der Waals surface area contributed by atoms with E-state index in [9.17, 15) is 4.79 Å². The predicted octanol–water partition coefficient (Wildman–Crippen LogP) is 0.540. The van der Waals surface area contributed by atoms with Crippen LogP contribution >= 0.6 is 0 Å². The molecule has 0 spiro atoms. The minimum atomic E-state index is -0.293. The van der Waals surface area contributed by atoms with Gasteiger partial charge in [-0.3, -0.25) is 14.5 Å². The summed E-state index contributed by atoms with van der Waals surface area (Å²) in [6, 6.07) is -0.167. The number of primary amides is 1. The average molecular weight is 253 g/mol. The fourth-order valence-corrected chi connectivity index (χ4v) is 2.27. The van der Waals surface area contributed by atoms with E-state index in [2.05, 4.69) is 12.7 Å². The molecular weight excluding hydrogens is 230 g/mol. The molecule has 0 bridgehead atoms. The monoisotopic (exact) mass is 253 g/mol. The van der Waals surface area contributed by atoms with E-state index in [1.54, 1.807) is 11.1 Å². The molecule has 18 heavy (non-hydrogen) atoms. The van der Waals surface area contributed by atoms with Gasteiger partial charge in [-0.05, 0) is 19.0 Å². The van der Waals surface area contributed by atoms with Crippen LogP contribution in [-0.4, -0.2) is 55.2 Å². The van der Waals surface area contributed by atoms with Crippen molar-refractivity contribution in [2.24, 2.45) is 5.73 Å². The Kier molecular flexibility index (Phi) is 5.53. The van der Waals surface area contributed by atoms with Gasteiger partial charge in [0, 0.05) is 13.6 Å². The van der Waals surface area contributed by atoms with Gasteiger partial charge in [0.05, 0.1) is 12.6 Å². The van der Waals surface area contributed by atoms with Gasteiger partial charge < -0.3 is 5.73 Å². The Labute approximate surface area is 109 Å². The van der Waals surface area contributed by atoms with Gasteiger partial charge in [-0.15, -0.1) is 6.58 Å². The molecule has 5 heteroatoms. The smallest absolute Gasteiger partial charge is 0.239 e.